The zero-order chi connectivity index (χ0) is 6.04. The van der Waals surface area contributed by atoms with Crippen molar-refractivity contribution in [2.24, 2.45) is 0 Å². The van der Waals surface area contributed by atoms with Crippen LogP contribution in [0.25, 0.3) is 0 Å². The van der Waals surface area contributed by atoms with Gasteiger partial charge in [0.15, 0.2) is 0 Å². The van der Waals surface area contributed by atoms with Gasteiger partial charge >= 0.3 is 23.1 Å². The molecule has 1 nitrogen and oxygen atoms in total. The van der Waals surface area contributed by atoms with Gasteiger partial charge in [-0.2, -0.15) is 0 Å². The van der Waals surface area contributed by atoms with Gasteiger partial charge in [0.1, 0.15) is 0 Å². The molecule has 3 heteroatoms. The second-order valence-corrected chi connectivity index (χ2v) is 2.74. The summed E-state index contributed by atoms with van der Waals surface area (Å²) in [5.41, 5.74) is -0.514. The Bertz CT molecular complexity index is 81.7. The molecule has 1 saturated carbocycles. The first-order valence-electron chi connectivity index (χ1n) is 3.47. The van der Waals surface area contributed by atoms with Gasteiger partial charge in [-0.15, -0.1) is 5.60 Å². The molecule has 0 heterocycles. The second kappa shape index (κ2) is 5.64. The summed E-state index contributed by atoms with van der Waals surface area (Å²) in [6.45, 7) is 2.00. The largest absolute Gasteiger partial charge is 2.00 e. The summed E-state index contributed by atoms with van der Waals surface area (Å²) in [7, 11) is 0. The fourth-order valence-electron chi connectivity index (χ4n) is 1.37. The second-order valence-electron chi connectivity index (χ2n) is 2.74. The Balaban J connectivity index is 0. The van der Waals surface area contributed by atoms with Crippen molar-refractivity contribution in [2.75, 3.05) is 0 Å². The van der Waals surface area contributed by atoms with E-state index in [-0.39, 0.29) is 35.5 Å². The molecule has 1 aliphatic carbocycles. The molecule has 1 aliphatic rings. The van der Waals surface area contributed by atoms with Crippen LogP contribution in [0, 0.1) is 0 Å². The average molecular weight is 173 g/mol. The van der Waals surface area contributed by atoms with Crippen LogP contribution in [0.4, 0.5) is 0 Å². The molecular formula is C7H13ClMgO. The summed E-state index contributed by atoms with van der Waals surface area (Å²) in [4.78, 5) is 0. The van der Waals surface area contributed by atoms with Gasteiger partial charge in [0.05, 0.1) is 0 Å². The minimum absolute atomic E-state index is 0. The van der Waals surface area contributed by atoms with E-state index in [1.54, 1.807) is 0 Å². The smallest absolute Gasteiger partial charge is 1.00 e. The molecule has 0 unspecified atom stereocenters. The van der Waals surface area contributed by atoms with Crippen LogP contribution >= 0.6 is 0 Å². The molecule has 1 rings (SSSR count). The van der Waals surface area contributed by atoms with Crippen LogP contribution in [-0.2, 0) is 0 Å². The Morgan fingerprint density at radius 3 is 1.90 bits per heavy atom. The molecule has 0 N–H and O–H groups in total. The molecule has 0 spiro atoms. The first-order chi connectivity index (χ1) is 3.77. The molecule has 0 radical (unpaired) electrons. The minimum atomic E-state index is -0.514. The van der Waals surface area contributed by atoms with E-state index in [0.29, 0.717) is 0 Å². The van der Waals surface area contributed by atoms with Gasteiger partial charge in [0.25, 0.3) is 0 Å². The number of hydrogen-bond acceptors (Lipinski definition) is 1. The molecule has 0 aromatic carbocycles. The fourth-order valence-corrected chi connectivity index (χ4v) is 1.37. The van der Waals surface area contributed by atoms with E-state index >= 15 is 0 Å². The molecule has 56 valence electrons. The van der Waals surface area contributed by atoms with E-state index in [4.69, 9.17) is 0 Å². The summed E-state index contributed by atoms with van der Waals surface area (Å²) in [6.07, 6.45) is 4.99. The van der Waals surface area contributed by atoms with Crippen LogP contribution < -0.4 is 17.5 Å². The van der Waals surface area contributed by atoms with Crippen molar-refractivity contribution in [2.45, 2.75) is 44.6 Å². The van der Waals surface area contributed by atoms with E-state index in [1.807, 2.05) is 6.92 Å². The Morgan fingerprint density at radius 1 is 1.30 bits per heavy atom. The van der Waals surface area contributed by atoms with E-state index < -0.39 is 5.60 Å². The van der Waals surface area contributed by atoms with Crippen LogP contribution in [0.2, 0.25) is 0 Å². The monoisotopic (exact) mass is 172 g/mol. The molecule has 1 fully saturated rings. The van der Waals surface area contributed by atoms with Crippen molar-refractivity contribution in [3.8, 4) is 0 Å². The van der Waals surface area contributed by atoms with Crippen LogP contribution in [0.1, 0.15) is 39.0 Å². The number of hydrogen-bond donors (Lipinski definition) is 0. The number of halogens is 1. The summed E-state index contributed by atoms with van der Waals surface area (Å²) in [5, 5.41) is 11.3. The van der Waals surface area contributed by atoms with E-state index in [1.165, 1.54) is 0 Å². The molecule has 0 atom stereocenters. The third-order valence-electron chi connectivity index (χ3n) is 2.16. The first kappa shape index (κ1) is 13.6. The van der Waals surface area contributed by atoms with Crippen molar-refractivity contribution in [3.63, 3.8) is 0 Å². The molecule has 10 heavy (non-hydrogen) atoms. The summed E-state index contributed by atoms with van der Waals surface area (Å²) >= 11 is 0. The van der Waals surface area contributed by atoms with Crippen molar-refractivity contribution < 1.29 is 17.5 Å². The van der Waals surface area contributed by atoms with Crippen molar-refractivity contribution in [1.82, 2.24) is 0 Å². The van der Waals surface area contributed by atoms with Crippen LogP contribution in [-0.4, -0.2) is 28.7 Å². The van der Waals surface area contributed by atoms with Gasteiger partial charge in [0.2, 0.25) is 0 Å². The maximum absolute atomic E-state index is 11.3. The van der Waals surface area contributed by atoms with E-state index in [2.05, 4.69) is 0 Å². The predicted molar refractivity (Wildman–Crippen MR) is 37.2 cm³/mol. The van der Waals surface area contributed by atoms with Gasteiger partial charge in [-0.25, -0.2) is 0 Å². The molecular weight excluding hydrogens is 160 g/mol. The van der Waals surface area contributed by atoms with Gasteiger partial charge in [-0.3, -0.25) is 0 Å². The Hall–Kier alpha value is 1.02. The topological polar surface area (TPSA) is 23.1 Å². The van der Waals surface area contributed by atoms with Crippen molar-refractivity contribution >= 4 is 23.1 Å². The van der Waals surface area contributed by atoms with Crippen molar-refractivity contribution in [1.29, 1.82) is 0 Å². The minimum Gasteiger partial charge on any atom is -1.00 e. The predicted octanol–water partition coefficient (Wildman–Crippen LogP) is -2.31. The third kappa shape index (κ3) is 3.42. The molecule has 0 saturated heterocycles. The van der Waals surface area contributed by atoms with E-state index in [0.717, 1.165) is 32.1 Å². The van der Waals surface area contributed by atoms with Crippen molar-refractivity contribution in [3.05, 3.63) is 0 Å². The van der Waals surface area contributed by atoms with Gasteiger partial charge in [-0.1, -0.05) is 39.0 Å². The molecule has 0 bridgehead atoms. The van der Waals surface area contributed by atoms with Crippen LogP contribution in [0.3, 0.4) is 0 Å². The summed E-state index contributed by atoms with van der Waals surface area (Å²) in [5.74, 6) is 0. The van der Waals surface area contributed by atoms with E-state index in [9.17, 15) is 5.11 Å². The Labute approximate surface area is 85.1 Å². The maximum Gasteiger partial charge on any atom is 2.00 e. The zero-order valence-corrected chi connectivity index (χ0v) is 8.70. The van der Waals surface area contributed by atoms with Crippen LogP contribution in [0.15, 0.2) is 0 Å². The van der Waals surface area contributed by atoms with Crippen LogP contribution in [0.5, 0.6) is 0 Å². The van der Waals surface area contributed by atoms with Gasteiger partial charge in [-0.05, 0) is 0 Å². The average Bonchev–Trinajstić information content (AvgIpc) is 2.17. The third-order valence-corrected chi connectivity index (χ3v) is 2.16. The zero-order valence-electron chi connectivity index (χ0n) is 6.53. The normalized spacial score (nSPS) is 21.0. The Kier molecular flexibility index (Phi) is 7.67. The molecule has 0 aromatic heterocycles. The van der Waals surface area contributed by atoms with Gasteiger partial charge < -0.3 is 17.5 Å². The molecule has 0 aliphatic heterocycles. The summed E-state index contributed by atoms with van der Waals surface area (Å²) in [6, 6.07) is 0. The fraction of sp³-hybridized carbons (Fsp3) is 1.00. The van der Waals surface area contributed by atoms with Gasteiger partial charge in [0, 0.05) is 0 Å². The maximum atomic E-state index is 11.3. The Morgan fingerprint density at radius 2 is 1.70 bits per heavy atom. The summed E-state index contributed by atoms with van der Waals surface area (Å²) < 4.78 is 0. The SMILES string of the molecule is CCC1([O-])CCCC1.[Cl-].[Mg+2]. The molecule has 0 amide bonds. The standard InChI is InChI=1S/C7H13O.ClH.Mg/c1-2-7(8)5-3-4-6-7;;/h2-6H2,1H3;1H;/q-1;;+2/p-1. The number of rotatable bonds is 1. The first-order valence-corrected chi connectivity index (χ1v) is 3.47. The molecule has 0 aromatic rings. The quantitative estimate of drug-likeness (QED) is 0.408.